The van der Waals surface area contributed by atoms with E-state index in [4.69, 9.17) is 9.47 Å². The van der Waals surface area contributed by atoms with E-state index in [1.54, 1.807) is 20.8 Å². The third-order valence-corrected chi connectivity index (χ3v) is 5.76. The first-order valence-electron chi connectivity index (χ1n) is 7.42. The summed E-state index contributed by atoms with van der Waals surface area (Å²) in [4.78, 5) is 24.6. The van der Waals surface area contributed by atoms with Gasteiger partial charge in [0.1, 0.15) is 5.60 Å². The van der Waals surface area contributed by atoms with E-state index in [0.717, 1.165) is 0 Å². The number of carbonyl (C=O) groups excluding carboxylic acids is 2. The minimum Gasteiger partial charge on any atom is -0.467 e. The van der Waals surface area contributed by atoms with Gasteiger partial charge in [0.2, 0.25) is 0 Å². The van der Waals surface area contributed by atoms with E-state index < -0.39 is 40.0 Å². The molecule has 0 saturated carbocycles. The van der Waals surface area contributed by atoms with Gasteiger partial charge in [0.05, 0.1) is 13.2 Å². The number of rotatable bonds is 1. The minimum atomic E-state index is -4.12. The molecule has 132 valence electrons. The molecule has 9 heteroatoms. The third-order valence-electron chi connectivity index (χ3n) is 3.89. The topological polar surface area (TPSA) is 93.2 Å². The van der Waals surface area contributed by atoms with Crippen molar-refractivity contribution in [3.63, 3.8) is 0 Å². The smallest absolute Gasteiger partial charge is 0.426 e. The van der Waals surface area contributed by atoms with Crippen LogP contribution in [0, 0.1) is 5.41 Å². The number of fused-ring (bicyclic) bond motifs is 1. The molecule has 2 atom stereocenters. The van der Waals surface area contributed by atoms with Gasteiger partial charge in [-0.2, -0.15) is 17.0 Å². The van der Waals surface area contributed by atoms with Crippen LogP contribution in [0.3, 0.4) is 0 Å². The number of hydrogen-bond acceptors (Lipinski definition) is 6. The summed E-state index contributed by atoms with van der Waals surface area (Å²) >= 11 is 0. The van der Waals surface area contributed by atoms with E-state index in [1.807, 2.05) is 13.8 Å². The second kappa shape index (κ2) is 5.34. The SMILES string of the molecule is COC(=O)[C@H]1[C@@H]2CC(C)(C)CN2S(=O)(=O)N1C(=O)OC(C)(C)C. The maximum atomic E-state index is 12.8. The number of nitrogens with zero attached hydrogens (tertiary/aromatic N) is 2. The molecule has 2 aliphatic rings. The van der Waals surface area contributed by atoms with Crippen LogP contribution in [0.25, 0.3) is 0 Å². The molecular weight excluding hydrogens is 324 g/mol. The molecule has 0 aromatic rings. The van der Waals surface area contributed by atoms with E-state index in [1.165, 1.54) is 11.4 Å². The molecule has 2 fully saturated rings. The number of esters is 1. The van der Waals surface area contributed by atoms with Gasteiger partial charge in [-0.05, 0) is 32.6 Å². The maximum Gasteiger partial charge on any atom is 0.426 e. The van der Waals surface area contributed by atoms with E-state index in [0.29, 0.717) is 10.7 Å². The zero-order valence-corrected chi connectivity index (χ0v) is 15.1. The van der Waals surface area contributed by atoms with Crippen LogP contribution in [0.1, 0.15) is 41.0 Å². The standard InChI is InChI=1S/C14H24N2O6S/c1-13(2,3)22-12(18)16-10(11(17)21-6)9-7-14(4,5)8-15(9)23(16,19)20/h9-10H,7-8H2,1-6H3/t9-,10+/m0/s1. The van der Waals surface area contributed by atoms with Crippen molar-refractivity contribution < 1.29 is 27.5 Å². The van der Waals surface area contributed by atoms with Crippen LogP contribution < -0.4 is 0 Å². The summed E-state index contributed by atoms with van der Waals surface area (Å²) in [6, 6.07) is -1.85. The first-order chi connectivity index (χ1) is 10.3. The predicted octanol–water partition coefficient (Wildman–Crippen LogP) is 1.12. The highest BCUT2D eigenvalue weighted by molar-refractivity contribution is 7.87. The molecular formula is C14H24N2O6S. The van der Waals surface area contributed by atoms with Gasteiger partial charge in [-0.15, -0.1) is 0 Å². The van der Waals surface area contributed by atoms with Crippen molar-refractivity contribution in [2.75, 3.05) is 13.7 Å². The lowest BCUT2D eigenvalue weighted by molar-refractivity contribution is -0.145. The summed E-state index contributed by atoms with van der Waals surface area (Å²) in [5, 5.41) is 0. The molecule has 1 amide bonds. The van der Waals surface area contributed by atoms with Gasteiger partial charge in [-0.25, -0.2) is 9.59 Å². The Kier molecular flexibility index (Phi) is 4.18. The fraction of sp³-hybridized carbons (Fsp3) is 0.857. The summed E-state index contributed by atoms with van der Waals surface area (Å²) in [5.41, 5.74) is -1.15. The molecule has 8 nitrogen and oxygen atoms in total. The van der Waals surface area contributed by atoms with Gasteiger partial charge in [-0.3, -0.25) is 0 Å². The monoisotopic (exact) mass is 348 g/mol. The number of methoxy groups -OCH3 is 1. The van der Waals surface area contributed by atoms with E-state index in [-0.39, 0.29) is 12.0 Å². The third kappa shape index (κ3) is 3.16. The lowest BCUT2D eigenvalue weighted by Gasteiger charge is -2.28. The average molecular weight is 348 g/mol. The van der Waals surface area contributed by atoms with E-state index >= 15 is 0 Å². The molecule has 0 aromatic heterocycles. The highest BCUT2D eigenvalue weighted by Gasteiger charge is 2.62. The first kappa shape index (κ1) is 18.0. The van der Waals surface area contributed by atoms with Crippen molar-refractivity contribution >= 4 is 22.3 Å². The molecule has 0 N–H and O–H groups in total. The molecule has 0 bridgehead atoms. The second-order valence-electron chi connectivity index (χ2n) is 7.73. The van der Waals surface area contributed by atoms with Crippen LogP contribution in [0.2, 0.25) is 0 Å². The number of hydrogen-bond donors (Lipinski definition) is 0. The van der Waals surface area contributed by atoms with Crippen molar-refractivity contribution in [1.29, 1.82) is 0 Å². The van der Waals surface area contributed by atoms with E-state index in [2.05, 4.69) is 0 Å². The molecule has 0 radical (unpaired) electrons. The fourth-order valence-electron chi connectivity index (χ4n) is 3.09. The predicted molar refractivity (Wildman–Crippen MR) is 81.7 cm³/mol. The van der Waals surface area contributed by atoms with Gasteiger partial charge < -0.3 is 9.47 Å². The molecule has 0 aliphatic carbocycles. The second-order valence-corrected chi connectivity index (χ2v) is 9.49. The molecule has 0 spiro atoms. The molecule has 23 heavy (non-hydrogen) atoms. The zero-order chi connectivity index (χ0) is 17.8. The van der Waals surface area contributed by atoms with Crippen LogP contribution in [0.15, 0.2) is 0 Å². The molecule has 2 heterocycles. The molecule has 0 unspecified atom stereocenters. The van der Waals surface area contributed by atoms with Crippen molar-refractivity contribution in [2.24, 2.45) is 5.41 Å². The fourth-order valence-corrected chi connectivity index (χ4v) is 5.10. The number of carbonyl (C=O) groups is 2. The first-order valence-corrected chi connectivity index (χ1v) is 8.82. The van der Waals surface area contributed by atoms with Crippen LogP contribution >= 0.6 is 0 Å². The van der Waals surface area contributed by atoms with Gasteiger partial charge in [0, 0.05) is 6.54 Å². The normalized spacial score (nSPS) is 29.2. The summed E-state index contributed by atoms with van der Waals surface area (Å²) < 4.78 is 37.2. The average Bonchev–Trinajstić information content (AvgIpc) is 2.77. The molecule has 0 aromatic carbocycles. The lowest BCUT2D eigenvalue weighted by atomic mass is 9.88. The Bertz CT molecular complexity index is 622. The Morgan fingerprint density at radius 3 is 2.26 bits per heavy atom. The Hall–Kier alpha value is -1.35. The van der Waals surface area contributed by atoms with Crippen LogP contribution in [-0.2, 0) is 24.5 Å². The van der Waals surface area contributed by atoms with Gasteiger partial charge >= 0.3 is 22.3 Å². The number of amides is 1. The van der Waals surface area contributed by atoms with E-state index in [9.17, 15) is 18.0 Å². The Balaban J connectivity index is 2.45. The van der Waals surface area contributed by atoms with Gasteiger partial charge in [0.25, 0.3) is 0 Å². The van der Waals surface area contributed by atoms with Crippen LogP contribution in [-0.4, -0.2) is 60.4 Å². The zero-order valence-electron chi connectivity index (χ0n) is 14.3. The largest absolute Gasteiger partial charge is 0.467 e. The molecule has 2 saturated heterocycles. The van der Waals surface area contributed by atoms with Crippen molar-refractivity contribution in [3.8, 4) is 0 Å². The lowest BCUT2D eigenvalue weighted by Crippen LogP contribution is -2.49. The molecule has 2 aliphatic heterocycles. The van der Waals surface area contributed by atoms with Crippen molar-refractivity contribution in [2.45, 2.75) is 58.7 Å². The summed E-state index contributed by atoms with van der Waals surface area (Å²) in [5.74, 6) is -0.760. The Labute approximate surface area is 136 Å². The quantitative estimate of drug-likeness (QED) is 0.659. The summed E-state index contributed by atoms with van der Waals surface area (Å²) in [6.45, 7) is 8.98. The van der Waals surface area contributed by atoms with Crippen LogP contribution in [0.4, 0.5) is 4.79 Å². The summed E-state index contributed by atoms with van der Waals surface area (Å²) in [6.07, 6.45) is -0.592. The maximum absolute atomic E-state index is 12.8. The summed E-state index contributed by atoms with van der Waals surface area (Å²) in [7, 11) is -2.95. The van der Waals surface area contributed by atoms with Crippen molar-refractivity contribution in [3.05, 3.63) is 0 Å². The molecule has 2 rings (SSSR count). The highest BCUT2D eigenvalue weighted by Crippen LogP contribution is 2.44. The van der Waals surface area contributed by atoms with Gasteiger partial charge in [-0.1, -0.05) is 13.8 Å². The minimum absolute atomic E-state index is 0.243. The Morgan fingerprint density at radius 2 is 1.78 bits per heavy atom. The number of ether oxygens (including phenoxy) is 2. The highest BCUT2D eigenvalue weighted by atomic mass is 32.2. The van der Waals surface area contributed by atoms with Gasteiger partial charge in [0.15, 0.2) is 6.04 Å². The van der Waals surface area contributed by atoms with Crippen molar-refractivity contribution in [1.82, 2.24) is 8.61 Å². The Morgan fingerprint density at radius 1 is 1.22 bits per heavy atom. The van der Waals surface area contributed by atoms with Crippen LogP contribution in [0.5, 0.6) is 0 Å².